The number of ether oxygens (including phenoxy) is 1. The third-order valence-corrected chi connectivity index (χ3v) is 3.99. The second kappa shape index (κ2) is 4.37. The van der Waals surface area contributed by atoms with E-state index in [-0.39, 0.29) is 17.5 Å². The van der Waals surface area contributed by atoms with Gasteiger partial charge in [0.15, 0.2) is 0 Å². The predicted molar refractivity (Wildman–Crippen MR) is 68.0 cm³/mol. The van der Waals surface area contributed by atoms with E-state index in [1.54, 1.807) is 0 Å². The van der Waals surface area contributed by atoms with Gasteiger partial charge in [-0.2, -0.15) is 0 Å². The Hall–Kier alpha value is -1.39. The maximum Gasteiger partial charge on any atom is 0.237 e. The molecule has 3 rings (SSSR count). The first-order valence-electron chi connectivity index (χ1n) is 6.37. The molecule has 1 aromatic carbocycles. The number of hydrogen-bond donors (Lipinski definition) is 1. The van der Waals surface area contributed by atoms with E-state index >= 15 is 0 Å². The van der Waals surface area contributed by atoms with E-state index in [0.29, 0.717) is 19.8 Å². The van der Waals surface area contributed by atoms with Crippen molar-refractivity contribution in [3.05, 3.63) is 35.9 Å². The van der Waals surface area contributed by atoms with Crippen LogP contribution in [-0.4, -0.2) is 42.1 Å². The molecule has 2 fully saturated rings. The maximum atomic E-state index is 11.8. The number of rotatable bonds is 2. The van der Waals surface area contributed by atoms with Crippen LogP contribution in [0.1, 0.15) is 12.5 Å². The van der Waals surface area contributed by atoms with Gasteiger partial charge in [-0.1, -0.05) is 30.3 Å². The van der Waals surface area contributed by atoms with Gasteiger partial charge in [0.1, 0.15) is 0 Å². The Labute approximate surface area is 107 Å². The van der Waals surface area contributed by atoms with E-state index in [1.807, 2.05) is 25.1 Å². The molecule has 1 atom stereocenters. The molecule has 2 aliphatic heterocycles. The van der Waals surface area contributed by atoms with Gasteiger partial charge >= 0.3 is 0 Å². The summed E-state index contributed by atoms with van der Waals surface area (Å²) in [7, 11) is 0. The van der Waals surface area contributed by atoms with Gasteiger partial charge in [-0.3, -0.25) is 9.69 Å². The molecule has 18 heavy (non-hydrogen) atoms. The summed E-state index contributed by atoms with van der Waals surface area (Å²) in [6.07, 6.45) is 0. The van der Waals surface area contributed by atoms with Crippen molar-refractivity contribution >= 4 is 5.91 Å². The standard InChI is InChI=1S/C14H18N2O2/c1-11-13(17)15-8-14(9-18-10-14)16(11)7-12-5-3-2-4-6-12/h2-6,11H,7-10H2,1H3,(H,15,17)/t11-/m0/s1. The third kappa shape index (κ3) is 1.82. The molecule has 2 heterocycles. The van der Waals surface area contributed by atoms with Crippen LogP contribution < -0.4 is 5.32 Å². The largest absolute Gasteiger partial charge is 0.377 e. The molecular weight excluding hydrogens is 228 g/mol. The van der Waals surface area contributed by atoms with Gasteiger partial charge in [-0.25, -0.2) is 0 Å². The smallest absolute Gasteiger partial charge is 0.237 e. The van der Waals surface area contributed by atoms with Gasteiger partial charge in [-0.05, 0) is 12.5 Å². The second-order valence-corrected chi connectivity index (χ2v) is 5.22. The predicted octanol–water partition coefficient (Wildman–Crippen LogP) is 0.776. The summed E-state index contributed by atoms with van der Waals surface area (Å²) in [5, 5.41) is 2.98. The fraction of sp³-hybridized carbons (Fsp3) is 0.500. The van der Waals surface area contributed by atoms with Gasteiger partial charge in [0.2, 0.25) is 5.91 Å². The van der Waals surface area contributed by atoms with Crippen LogP contribution in [0.3, 0.4) is 0 Å². The quantitative estimate of drug-likeness (QED) is 0.838. The monoisotopic (exact) mass is 246 g/mol. The van der Waals surface area contributed by atoms with Crippen LogP contribution in [0.4, 0.5) is 0 Å². The highest BCUT2D eigenvalue weighted by atomic mass is 16.5. The Balaban J connectivity index is 1.83. The van der Waals surface area contributed by atoms with Crippen molar-refractivity contribution in [1.82, 2.24) is 10.2 Å². The summed E-state index contributed by atoms with van der Waals surface area (Å²) in [5.74, 6) is 0.114. The summed E-state index contributed by atoms with van der Waals surface area (Å²) in [6, 6.07) is 10.2. The lowest BCUT2D eigenvalue weighted by atomic mass is 9.89. The average molecular weight is 246 g/mol. The zero-order chi connectivity index (χ0) is 12.6. The number of carbonyl (C=O) groups is 1. The summed E-state index contributed by atoms with van der Waals surface area (Å²) >= 11 is 0. The van der Waals surface area contributed by atoms with Crippen LogP contribution in [0.2, 0.25) is 0 Å². The van der Waals surface area contributed by atoms with Crippen molar-refractivity contribution in [2.75, 3.05) is 19.8 Å². The molecule has 0 unspecified atom stereocenters. The number of hydrogen-bond acceptors (Lipinski definition) is 3. The molecule has 1 N–H and O–H groups in total. The topological polar surface area (TPSA) is 41.6 Å². The van der Waals surface area contributed by atoms with Crippen LogP contribution in [-0.2, 0) is 16.1 Å². The molecule has 96 valence electrons. The Morgan fingerprint density at radius 3 is 2.72 bits per heavy atom. The van der Waals surface area contributed by atoms with Crippen LogP contribution in [0, 0.1) is 0 Å². The van der Waals surface area contributed by atoms with Crippen molar-refractivity contribution in [2.24, 2.45) is 0 Å². The minimum Gasteiger partial charge on any atom is -0.377 e. The Morgan fingerprint density at radius 2 is 2.11 bits per heavy atom. The zero-order valence-electron chi connectivity index (χ0n) is 10.6. The third-order valence-electron chi connectivity index (χ3n) is 3.99. The van der Waals surface area contributed by atoms with Gasteiger partial charge in [0.05, 0.1) is 24.8 Å². The number of piperazine rings is 1. The summed E-state index contributed by atoms with van der Waals surface area (Å²) in [5.41, 5.74) is 1.24. The van der Waals surface area contributed by atoms with Crippen LogP contribution >= 0.6 is 0 Å². The fourth-order valence-electron chi connectivity index (χ4n) is 2.74. The Bertz CT molecular complexity index is 442. The SMILES string of the molecule is C[C@H]1C(=O)NCC2(COC2)N1Cc1ccccc1. The molecule has 2 saturated heterocycles. The van der Waals surface area contributed by atoms with E-state index < -0.39 is 0 Å². The zero-order valence-corrected chi connectivity index (χ0v) is 10.6. The number of nitrogens with one attached hydrogen (secondary N) is 1. The molecule has 0 saturated carbocycles. The van der Waals surface area contributed by atoms with E-state index in [2.05, 4.69) is 22.3 Å². The normalized spacial score (nSPS) is 26.7. The Morgan fingerprint density at radius 1 is 1.39 bits per heavy atom. The number of nitrogens with zero attached hydrogens (tertiary/aromatic N) is 1. The highest BCUT2D eigenvalue weighted by Crippen LogP contribution is 2.31. The van der Waals surface area contributed by atoms with Crippen molar-refractivity contribution in [1.29, 1.82) is 0 Å². The Kier molecular flexibility index (Phi) is 2.84. The van der Waals surface area contributed by atoms with Gasteiger partial charge in [0.25, 0.3) is 0 Å². The minimum absolute atomic E-state index is 0.00314. The highest BCUT2D eigenvalue weighted by Gasteiger charge is 2.50. The lowest BCUT2D eigenvalue weighted by Gasteiger charge is -2.54. The molecule has 4 nitrogen and oxygen atoms in total. The molecule has 1 aromatic rings. The summed E-state index contributed by atoms with van der Waals surface area (Å²) in [6.45, 7) is 4.90. The number of carbonyl (C=O) groups excluding carboxylic acids is 1. The first kappa shape index (κ1) is 11.7. The van der Waals surface area contributed by atoms with Crippen LogP contribution in [0.25, 0.3) is 0 Å². The lowest BCUT2D eigenvalue weighted by molar-refractivity contribution is -0.176. The molecule has 0 aromatic heterocycles. The minimum atomic E-state index is -0.0946. The van der Waals surface area contributed by atoms with E-state index in [1.165, 1.54) is 5.56 Å². The van der Waals surface area contributed by atoms with Crippen LogP contribution in [0.5, 0.6) is 0 Å². The van der Waals surface area contributed by atoms with Gasteiger partial charge in [0, 0.05) is 13.1 Å². The van der Waals surface area contributed by atoms with Crippen molar-refractivity contribution in [3.8, 4) is 0 Å². The molecule has 0 aliphatic carbocycles. The highest BCUT2D eigenvalue weighted by molar-refractivity contribution is 5.82. The first-order valence-corrected chi connectivity index (χ1v) is 6.37. The molecule has 1 spiro atoms. The molecule has 0 bridgehead atoms. The van der Waals surface area contributed by atoms with Crippen molar-refractivity contribution in [2.45, 2.75) is 25.0 Å². The average Bonchev–Trinajstić information content (AvgIpc) is 2.35. The molecular formula is C14H18N2O2. The first-order chi connectivity index (χ1) is 8.71. The molecule has 4 heteroatoms. The van der Waals surface area contributed by atoms with Gasteiger partial charge in [-0.15, -0.1) is 0 Å². The van der Waals surface area contributed by atoms with E-state index in [0.717, 1.165) is 6.54 Å². The molecule has 1 amide bonds. The number of amides is 1. The molecule has 0 radical (unpaired) electrons. The summed E-state index contributed by atoms with van der Waals surface area (Å²) in [4.78, 5) is 14.1. The summed E-state index contributed by atoms with van der Waals surface area (Å²) < 4.78 is 5.37. The van der Waals surface area contributed by atoms with Gasteiger partial charge < -0.3 is 10.1 Å². The lowest BCUT2D eigenvalue weighted by Crippen LogP contribution is -2.74. The van der Waals surface area contributed by atoms with Crippen molar-refractivity contribution in [3.63, 3.8) is 0 Å². The van der Waals surface area contributed by atoms with E-state index in [9.17, 15) is 4.79 Å². The van der Waals surface area contributed by atoms with E-state index in [4.69, 9.17) is 4.74 Å². The molecule has 2 aliphatic rings. The fourth-order valence-corrected chi connectivity index (χ4v) is 2.74. The number of benzene rings is 1. The van der Waals surface area contributed by atoms with Crippen LogP contribution in [0.15, 0.2) is 30.3 Å². The second-order valence-electron chi connectivity index (χ2n) is 5.22. The van der Waals surface area contributed by atoms with Crippen molar-refractivity contribution < 1.29 is 9.53 Å². The maximum absolute atomic E-state index is 11.8.